The third kappa shape index (κ3) is 6.14. The fourth-order valence-corrected chi connectivity index (χ4v) is 1.25. The molecule has 0 aliphatic heterocycles. The molecule has 0 bridgehead atoms. The summed E-state index contributed by atoms with van der Waals surface area (Å²) in [5.41, 5.74) is 0.531. The number of hydrazine groups is 1. The highest BCUT2D eigenvalue weighted by atomic mass is 16.5. The van der Waals surface area contributed by atoms with Crippen LogP contribution in [0.5, 0.6) is 0 Å². The summed E-state index contributed by atoms with van der Waals surface area (Å²) in [6.07, 6.45) is 3.12. The summed E-state index contributed by atoms with van der Waals surface area (Å²) >= 11 is 0. The SMILES string of the molecule is CC.COC(=O)CC(C)N(N)C(=O)Nc1cccnc1. The third-order valence-electron chi connectivity index (χ3n) is 2.31. The fourth-order valence-electron chi connectivity index (χ4n) is 1.25. The van der Waals surface area contributed by atoms with E-state index >= 15 is 0 Å². The van der Waals surface area contributed by atoms with Gasteiger partial charge in [-0.05, 0) is 19.1 Å². The first-order chi connectivity index (χ1) is 9.54. The summed E-state index contributed by atoms with van der Waals surface area (Å²) in [5.74, 6) is 5.18. The van der Waals surface area contributed by atoms with Crippen molar-refractivity contribution in [2.75, 3.05) is 12.4 Å². The Morgan fingerprint density at radius 1 is 1.50 bits per heavy atom. The molecule has 1 heterocycles. The van der Waals surface area contributed by atoms with Gasteiger partial charge >= 0.3 is 12.0 Å². The van der Waals surface area contributed by atoms with Crippen molar-refractivity contribution in [2.45, 2.75) is 33.2 Å². The van der Waals surface area contributed by atoms with E-state index in [1.54, 1.807) is 25.3 Å². The van der Waals surface area contributed by atoms with Crippen molar-refractivity contribution in [3.63, 3.8) is 0 Å². The van der Waals surface area contributed by atoms with Gasteiger partial charge in [0.2, 0.25) is 0 Å². The average Bonchev–Trinajstić information content (AvgIpc) is 2.49. The molecule has 1 aromatic rings. The number of pyridine rings is 1. The largest absolute Gasteiger partial charge is 0.469 e. The van der Waals surface area contributed by atoms with E-state index in [2.05, 4.69) is 15.0 Å². The molecule has 0 aromatic carbocycles. The van der Waals surface area contributed by atoms with Crippen LogP contribution >= 0.6 is 0 Å². The molecule has 1 atom stereocenters. The normalized spacial score (nSPS) is 10.7. The highest BCUT2D eigenvalue weighted by Gasteiger charge is 2.19. The van der Waals surface area contributed by atoms with E-state index in [0.717, 1.165) is 5.01 Å². The lowest BCUT2D eigenvalue weighted by Crippen LogP contribution is -2.47. The number of aromatic nitrogens is 1. The Kier molecular flexibility index (Phi) is 8.69. The minimum absolute atomic E-state index is 0.0352. The second-order valence-electron chi connectivity index (χ2n) is 3.71. The van der Waals surface area contributed by atoms with Crippen LogP contribution in [0.2, 0.25) is 0 Å². The second-order valence-corrected chi connectivity index (χ2v) is 3.71. The molecule has 0 saturated heterocycles. The first-order valence-electron chi connectivity index (χ1n) is 6.36. The molecule has 0 aliphatic carbocycles. The van der Waals surface area contributed by atoms with Crippen molar-refractivity contribution in [2.24, 2.45) is 5.84 Å². The predicted octanol–water partition coefficient (Wildman–Crippen LogP) is 1.77. The maximum absolute atomic E-state index is 11.7. The van der Waals surface area contributed by atoms with E-state index in [9.17, 15) is 9.59 Å². The number of esters is 1. The van der Waals surface area contributed by atoms with Crippen molar-refractivity contribution in [1.82, 2.24) is 9.99 Å². The molecule has 3 N–H and O–H groups in total. The zero-order valence-corrected chi connectivity index (χ0v) is 12.3. The highest BCUT2D eigenvalue weighted by Crippen LogP contribution is 2.06. The van der Waals surface area contributed by atoms with Crippen molar-refractivity contribution >= 4 is 17.7 Å². The number of nitrogens with two attached hydrogens (primary N) is 1. The average molecular weight is 282 g/mol. The van der Waals surface area contributed by atoms with Crippen molar-refractivity contribution in [3.05, 3.63) is 24.5 Å². The van der Waals surface area contributed by atoms with Crippen molar-refractivity contribution in [3.8, 4) is 0 Å². The topological polar surface area (TPSA) is 97.5 Å². The summed E-state index contributed by atoms with van der Waals surface area (Å²) in [7, 11) is 1.28. The number of amides is 2. The lowest BCUT2D eigenvalue weighted by molar-refractivity contribution is -0.141. The van der Waals surface area contributed by atoms with Gasteiger partial charge in [-0.3, -0.25) is 14.8 Å². The molecule has 0 saturated carbocycles. The van der Waals surface area contributed by atoms with Gasteiger partial charge in [-0.1, -0.05) is 13.8 Å². The maximum Gasteiger partial charge on any atom is 0.336 e. The number of ether oxygens (including phenoxy) is 1. The van der Waals surface area contributed by atoms with E-state index in [1.165, 1.54) is 13.3 Å². The minimum atomic E-state index is -0.514. The van der Waals surface area contributed by atoms with Gasteiger partial charge in [-0.25, -0.2) is 10.6 Å². The van der Waals surface area contributed by atoms with Crippen molar-refractivity contribution < 1.29 is 14.3 Å². The van der Waals surface area contributed by atoms with Crippen LogP contribution in [0, 0.1) is 0 Å². The number of hydrogen-bond acceptors (Lipinski definition) is 5. The van der Waals surface area contributed by atoms with E-state index in [1.807, 2.05) is 13.8 Å². The number of hydrogen-bond donors (Lipinski definition) is 2. The number of carbonyl (C=O) groups is 2. The fraction of sp³-hybridized carbons (Fsp3) is 0.462. The Morgan fingerprint density at radius 3 is 2.65 bits per heavy atom. The number of methoxy groups -OCH3 is 1. The third-order valence-corrected chi connectivity index (χ3v) is 2.31. The number of anilines is 1. The summed E-state index contributed by atoms with van der Waals surface area (Å²) in [6.45, 7) is 5.65. The van der Waals surface area contributed by atoms with Crippen LogP contribution < -0.4 is 11.2 Å². The lowest BCUT2D eigenvalue weighted by atomic mass is 10.2. The number of nitrogens with zero attached hydrogens (tertiary/aromatic N) is 2. The molecular formula is C13H22N4O3. The molecule has 1 unspecified atom stereocenters. The zero-order valence-electron chi connectivity index (χ0n) is 12.3. The minimum Gasteiger partial charge on any atom is -0.469 e. The van der Waals surface area contributed by atoms with Crippen LogP contribution in [0.25, 0.3) is 0 Å². The number of rotatable bonds is 4. The monoisotopic (exact) mass is 282 g/mol. The van der Waals surface area contributed by atoms with Gasteiger partial charge in [-0.15, -0.1) is 0 Å². The molecule has 1 rings (SSSR count). The van der Waals surface area contributed by atoms with Crippen LogP contribution in [-0.4, -0.2) is 35.1 Å². The number of carbonyl (C=O) groups excluding carboxylic acids is 2. The second kappa shape index (κ2) is 9.74. The van der Waals surface area contributed by atoms with E-state index < -0.39 is 18.0 Å². The first-order valence-corrected chi connectivity index (χ1v) is 6.36. The lowest BCUT2D eigenvalue weighted by Gasteiger charge is -2.23. The van der Waals surface area contributed by atoms with Crippen LogP contribution in [0.1, 0.15) is 27.2 Å². The van der Waals surface area contributed by atoms with Gasteiger partial charge in [0.05, 0.1) is 31.5 Å². The molecule has 0 radical (unpaired) electrons. The standard InChI is InChI=1S/C11H16N4O3.C2H6/c1-8(6-10(16)18-2)15(12)11(17)14-9-4-3-5-13-7-9;1-2/h3-5,7-8H,6,12H2,1-2H3,(H,14,17);1-2H3. The quantitative estimate of drug-likeness (QED) is 0.379. The zero-order chi connectivity index (χ0) is 15.5. The van der Waals surface area contributed by atoms with E-state index in [-0.39, 0.29) is 6.42 Å². The molecule has 0 spiro atoms. The molecule has 1 aromatic heterocycles. The molecule has 7 heteroatoms. The molecule has 2 amide bonds. The molecule has 0 fully saturated rings. The highest BCUT2D eigenvalue weighted by molar-refractivity contribution is 5.89. The molecular weight excluding hydrogens is 260 g/mol. The molecule has 20 heavy (non-hydrogen) atoms. The Labute approximate surface area is 119 Å². The molecule has 0 aliphatic rings. The van der Waals surface area contributed by atoms with E-state index in [0.29, 0.717) is 5.69 Å². The van der Waals surface area contributed by atoms with Crippen molar-refractivity contribution in [1.29, 1.82) is 0 Å². The first kappa shape index (κ1) is 17.8. The Morgan fingerprint density at radius 2 is 2.15 bits per heavy atom. The van der Waals surface area contributed by atoms with Crippen LogP contribution in [-0.2, 0) is 9.53 Å². The predicted molar refractivity (Wildman–Crippen MR) is 76.7 cm³/mol. The van der Waals surface area contributed by atoms with Crippen LogP contribution in [0.4, 0.5) is 10.5 Å². The summed E-state index contributed by atoms with van der Waals surface area (Å²) in [4.78, 5) is 26.7. The molecule has 112 valence electrons. The number of urea groups is 1. The van der Waals surface area contributed by atoms with Gasteiger partial charge in [0.15, 0.2) is 0 Å². The van der Waals surface area contributed by atoms with Crippen LogP contribution in [0.15, 0.2) is 24.5 Å². The summed E-state index contributed by atoms with van der Waals surface area (Å²) < 4.78 is 4.51. The van der Waals surface area contributed by atoms with Gasteiger partial charge in [0.25, 0.3) is 0 Å². The van der Waals surface area contributed by atoms with Gasteiger partial charge in [-0.2, -0.15) is 0 Å². The maximum atomic E-state index is 11.7. The van der Waals surface area contributed by atoms with Gasteiger partial charge in [0.1, 0.15) is 0 Å². The Balaban J connectivity index is 0.00000172. The summed E-state index contributed by atoms with van der Waals surface area (Å²) in [6, 6.07) is 2.39. The Hall–Kier alpha value is -2.15. The van der Waals surface area contributed by atoms with Gasteiger partial charge in [0, 0.05) is 6.20 Å². The van der Waals surface area contributed by atoms with E-state index in [4.69, 9.17) is 5.84 Å². The van der Waals surface area contributed by atoms with Gasteiger partial charge < -0.3 is 10.1 Å². The van der Waals surface area contributed by atoms with Crippen LogP contribution in [0.3, 0.4) is 0 Å². The Bertz CT molecular complexity index is 411. The summed E-state index contributed by atoms with van der Waals surface area (Å²) in [5, 5.41) is 3.51. The smallest absolute Gasteiger partial charge is 0.336 e. The number of nitrogens with one attached hydrogen (secondary N) is 1. The molecule has 7 nitrogen and oxygen atoms in total.